The molecule has 0 aromatic rings. The summed E-state index contributed by atoms with van der Waals surface area (Å²) < 4.78 is 62.9. The summed E-state index contributed by atoms with van der Waals surface area (Å²) in [7, 11) is 0. The summed E-state index contributed by atoms with van der Waals surface area (Å²) >= 11 is 0. The van der Waals surface area contributed by atoms with Crippen LogP contribution >= 0.6 is 0 Å². The molecule has 0 N–H and O–H groups in total. The van der Waals surface area contributed by atoms with Crippen LogP contribution < -0.4 is 0 Å². The third kappa shape index (κ3) is 6.81. The van der Waals surface area contributed by atoms with Crippen LogP contribution in [0.25, 0.3) is 0 Å². The predicted octanol–water partition coefficient (Wildman–Crippen LogP) is 6.97. The molecule has 2 nitrogen and oxygen atoms in total. The van der Waals surface area contributed by atoms with E-state index in [4.69, 9.17) is 9.47 Å². The Morgan fingerprint density at radius 3 is 1.90 bits per heavy atom. The third-order valence-electron chi connectivity index (χ3n) is 7.10. The Hall–Kier alpha value is -0.880. The fourth-order valence-electron chi connectivity index (χ4n) is 5.38. The zero-order chi connectivity index (χ0) is 20.9. The Morgan fingerprint density at radius 2 is 1.38 bits per heavy atom. The second-order valence-electron chi connectivity index (χ2n) is 9.12. The lowest BCUT2D eigenvalue weighted by atomic mass is 9.69. The molecule has 2 aliphatic carbocycles. The van der Waals surface area contributed by atoms with Gasteiger partial charge in [-0.1, -0.05) is 6.08 Å². The van der Waals surface area contributed by atoms with Crippen LogP contribution in [0.1, 0.15) is 64.2 Å². The molecular formula is C23H34F4O2. The van der Waals surface area contributed by atoms with Crippen molar-refractivity contribution in [2.45, 2.75) is 76.7 Å². The minimum atomic E-state index is -4.56. The first kappa shape index (κ1) is 22.8. The van der Waals surface area contributed by atoms with Crippen molar-refractivity contribution >= 4 is 0 Å². The maximum atomic E-state index is 13.8. The Morgan fingerprint density at radius 1 is 0.862 bits per heavy atom. The van der Waals surface area contributed by atoms with Crippen LogP contribution in [0.2, 0.25) is 0 Å². The van der Waals surface area contributed by atoms with E-state index in [9.17, 15) is 17.6 Å². The van der Waals surface area contributed by atoms with E-state index >= 15 is 0 Å². The van der Waals surface area contributed by atoms with Crippen molar-refractivity contribution in [1.29, 1.82) is 0 Å². The van der Waals surface area contributed by atoms with E-state index in [2.05, 4.69) is 6.58 Å². The molecule has 0 aromatic carbocycles. The van der Waals surface area contributed by atoms with Gasteiger partial charge in [0.1, 0.15) is 5.83 Å². The van der Waals surface area contributed by atoms with Gasteiger partial charge in [-0.05, 0) is 76.0 Å². The van der Waals surface area contributed by atoms with Crippen LogP contribution in [-0.2, 0) is 9.47 Å². The molecule has 0 unspecified atom stereocenters. The summed E-state index contributed by atoms with van der Waals surface area (Å²) in [6.45, 7) is 5.28. The van der Waals surface area contributed by atoms with Crippen molar-refractivity contribution < 1.29 is 27.0 Å². The van der Waals surface area contributed by atoms with Crippen molar-refractivity contribution in [3.05, 3.63) is 24.6 Å². The molecule has 3 aliphatic rings. The summed E-state index contributed by atoms with van der Waals surface area (Å²) in [6, 6.07) is 0. The molecule has 0 radical (unpaired) electrons. The van der Waals surface area contributed by atoms with Gasteiger partial charge in [-0.3, -0.25) is 0 Å². The van der Waals surface area contributed by atoms with Gasteiger partial charge < -0.3 is 9.47 Å². The van der Waals surface area contributed by atoms with Crippen LogP contribution in [0, 0.1) is 29.6 Å². The van der Waals surface area contributed by atoms with Crippen LogP contribution in [-0.4, -0.2) is 25.7 Å². The van der Waals surface area contributed by atoms with Gasteiger partial charge in [0.25, 0.3) is 0 Å². The molecule has 1 heterocycles. The summed E-state index contributed by atoms with van der Waals surface area (Å²) in [5, 5.41) is 0. The largest absolute Gasteiger partial charge is 0.412 e. The van der Waals surface area contributed by atoms with Crippen LogP contribution in [0.15, 0.2) is 24.6 Å². The van der Waals surface area contributed by atoms with E-state index in [0.29, 0.717) is 36.5 Å². The monoisotopic (exact) mass is 418 g/mol. The van der Waals surface area contributed by atoms with Gasteiger partial charge in [0, 0.05) is 17.8 Å². The fourth-order valence-corrected chi connectivity index (χ4v) is 5.38. The van der Waals surface area contributed by atoms with Crippen molar-refractivity contribution in [2.75, 3.05) is 13.2 Å². The Kier molecular flexibility index (Phi) is 8.20. The highest BCUT2D eigenvalue weighted by Crippen LogP contribution is 2.44. The smallest absolute Gasteiger partial charge is 0.352 e. The van der Waals surface area contributed by atoms with E-state index in [0.717, 1.165) is 64.6 Å². The lowest BCUT2D eigenvalue weighted by molar-refractivity contribution is -0.230. The molecule has 3 rings (SSSR count). The molecular weight excluding hydrogens is 384 g/mol. The first-order valence-electron chi connectivity index (χ1n) is 11.1. The highest BCUT2D eigenvalue weighted by atomic mass is 19.4. The van der Waals surface area contributed by atoms with Gasteiger partial charge in [0.2, 0.25) is 0 Å². The second-order valence-corrected chi connectivity index (χ2v) is 9.12. The molecule has 2 saturated carbocycles. The molecule has 29 heavy (non-hydrogen) atoms. The normalized spacial score (nSPS) is 37.3. The summed E-state index contributed by atoms with van der Waals surface area (Å²) in [4.78, 5) is 0. The SMILES string of the molecule is C=CCCC1COC(C2CCC(C3CCC(C(F)=CC(F)(F)F)CC3)CC2)OC1. The van der Waals surface area contributed by atoms with Crippen molar-refractivity contribution in [2.24, 2.45) is 29.6 Å². The fraction of sp³-hybridized carbons (Fsp3) is 0.826. The van der Waals surface area contributed by atoms with E-state index in [1.807, 2.05) is 6.08 Å². The first-order valence-corrected chi connectivity index (χ1v) is 11.1. The highest BCUT2D eigenvalue weighted by molar-refractivity contribution is 5.03. The van der Waals surface area contributed by atoms with E-state index in [1.54, 1.807) is 0 Å². The molecule has 0 bridgehead atoms. The molecule has 6 heteroatoms. The van der Waals surface area contributed by atoms with Gasteiger partial charge >= 0.3 is 6.18 Å². The van der Waals surface area contributed by atoms with Gasteiger partial charge in [-0.15, -0.1) is 6.58 Å². The standard InChI is InChI=1S/C23H34F4O2/c1-2-3-4-16-14-28-22(29-15-16)20-11-7-18(8-12-20)17-5-9-19(10-6-17)21(24)13-23(25,26)27/h2,13,16-20,22H,1,3-12,14-15H2. The predicted molar refractivity (Wildman–Crippen MR) is 105 cm³/mol. The minimum Gasteiger partial charge on any atom is -0.352 e. The maximum absolute atomic E-state index is 13.8. The molecule has 0 amide bonds. The number of halogens is 4. The third-order valence-corrected chi connectivity index (χ3v) is 7.10. The lowest BCUT2D eigenvalue weighted by Gasteiger charge is -2.41. The Bertz CT molecular complexity index is 536. The van der Waals surface area contributed by atoms with Gasteiger partial charge in [-0.25, -0.2) is 4.39 Å². The second kappa shape index (κ2) is 10.4. The van der Waals surface area contributed by atoms with E-state index in [-0.39, 0.29) is 12.4 Å². The summed E-state index contributed by atoms with van der Waals surface area (Å²) in [5.41, 5.74) is 0. The Labute approximate surface area is 171 Å². The number of alkyl halides is 3. The quantitative estimate of drug-likeness (QED) is 0.342. The minimum absolute atomic E-state index is 0.0896. The zero-order valence-electron chi connectivity index (χ0n) is 17.1. The lowest BCUT2D eigenvalue weighted by Crippen LogP contribution is -2.39. The molecule has 166 valence electrons. The average Bonchev–Trinajstić information content (AvgIpc) is 2.72. The Balaban J connectivity index is 1.37. The number of allylic oxidation sites excluding steroid dienone is 3. The first-order chi connectivity index (χ1) is 13.9. The number of rotatable bonds is 6. The zero-order valence-corrected chi connectivity index (χ0v) is 17.1. The molecule has 3 fully saturated rings. The van der Waals surface area contributed by atoms with Crippen LogP contribution in [0.5, 0.6) is 0 Å². The van der Waals surface area contributed by atoms with Gasteiger partial charge in [0.15, 0.2) is 6.29 Å². The molecule has 0 spiro atoms. The van der Waals surface area contributed by atoms with Gasteiger partial charge in [0.05, 0.1) is 19.3 Å². The van der Waals surface area contributed by atoms with E-state index in [1.165, 1.54) is 0 Å². The topological polar surface area (TPSA) is 18.5 Å². The van der Waals surface area contributed by atoms with Crippen molar-refractivity contribution in [1.82, 2.24) is 0 Å². The number of hydrogen-bond acceptors (Lipinski definition) is 2. The number of hydrogen-bond donors (Lipinski definition) is 0. The van der Waals surface area contributed by atoms with Crippen LogP contribution in [0.4, 0.5) is 17.6 Å². The molecule has 1 aliphatic heterocycles. The summed E-state index contributed by atoms with van der Waals surface area (Å²) in [5.74, 6) is 0.478. The molecule has 0 aromatic heterocycles. The molecule has 1 saturated heterocycles. The van der Waals surface area contributed by atoms with Crippen molar-refractivity contribution in [3.8, 4) is 0 Å². The maximum Gasteiger partial charge on any atom is 0.412 e. The highest BCUT2D eigenvalue weighted by Gasteiger charge is 2.37. The average molecular weight is 419 g/mol. The van der Waals surface area contributed by atoms with E-state index < -0.39 is 17.9 Å². The summed E-state index contributed by atoms with van der Waals surface area (Å²) in [6.07, 6.45) is 6.29. The molecule has 0 atom stereocenters. The van der Waals surface area contributed by atoms with Gasteiger partial charge in [-0.2, -0.15) is 13.2 Å². The van der Waals surface area contributed by atoms with Crippen molar-refractivity contribution in [3.63, 3.8) is 0 Å². The van der Waals surface area contributed by atoms with Crippen LogP contribution in [0.3, 0.4) is 0 Å². The number of ether oxygens (including phenoxy) is 2.